The number of carbonyl (C=O) groups excluding carboxylic acids is 1. The molecule has 112 valence electrons. The Labute approximate surface area is 132 Å². The van der Waals surface area contributed by atoms with Crippen molar-refractivity contribution >= 4 is 23.9 Å². The van der Waals surface area contributed by atoms with E-state index in [2.05, 4.69) is 10.5 Å². The fourth-order valence-corrected chi connectivity index (χ4v) is 2.37. The summed E-state index contributed by atoms with van der Waals surface area (Å²) in [5.41, 5.74) is 3.89. The number of nitrogens with one attached hydrogen (secondary N) is 1. The van der Waals surface area contributed by atoms with Crippen molar-refractivity contribution in [1.29, 1.82) is 0 Å². The molecule has 0 atom stereocenters. The SMILES string of the molecule is CSc1ccc(C=NNC(=O)c2ccc3c(c2)OCO3)cc1. The summed E-state index contributed by atoms with van der Waals surface area (Å²) >= 11 is 1.68. The molecule has 22 heavy (non-hydrogen) atoms. The second-order valence-electron chi connectivity index (χ2n) is 4.54. The standard InChI is InChI=1S/C16H14N2O3S/c1-22-13-5-2-11(3-6-13)9-17-18-16(19)12-4-7-14-15(8-12)21-10-20-14/h2-9H,10H2,1H3,(H,18,19). The smallest absolute Gasteiger partial charge is 0.271 e. The molecular weight excluding hydrogens is 300 g/mol. The number of rotatable bonds is 4. The second kappa shape index (κ2) is 6.53. The molecular formula is C16H14N2O3S. The molecule has 0 aromatic heterocycles. The molecule has 0 spiro atoms. The summed E-state index contributed by atoms with van der Waals surface area (Å²) in [4.78, 5) is 13.2. The lowest BCUT2D eigenvalue weighted by Gasteiger charge is -2.01. The molecule has 1 amide bonds. The maximum Gasteiger partial charge on any atom is 0.271 e. The number of hydrogen-bond donors (Lipinski definition) is 1. The Hall–Kier alpha value is -2.47. The van der Waals surface area contributed by atoms with Crippen LogP contribution in [0.1, 0.15) is 15.9 Å². The van der Waals surface area contributed by atoms with E-state index in [0.717, 1.165) is 5.56 Å². The number of fused-ring (bicyclic) bond motifs is 1. The van der Waals surface area contributed by atoms with Gasteiger partial charge in [0, 0.05) is 10.5 Å². The average Bonchev–Trinajstić information content (AvgIpc) is 3.03. The lowest BCUT2D eigenvalue weighted by Crippen LogP contribution is -2.17. The van der Waals surface area contributed by atoms with E-state index in [1.807, 2.05) is 30.5 Å². The Morgan fingerprint density at radius 2 is 1.95 bits per heavy atom. The monoisotopic (exact) mass is 314 g/mol. The fraction of sp³-hybridized carbons (Fsp3) is 0.125. The Kier molecular flexibility index (Phi) is 4.29. The van der Waals surface area contributed by atoms with E-state index in [0.29, 0.717) is 17.1 Å². The van der Waals surface area contributed by atoms with Crippen LogP contribution in [-0.2, 0) is 0 Å². The van der Waals surface area contributed by atoms with Crippen molar-refractivity contribution in [2.75, 3.05) is 13.0 Å². The van der Waals surface area contributed by atoms with Crippen LogP contribution in [0.15, 0.2) is 52.5 Å². The molecule has 3 rings (SSSR count). The van der Waals surface area contributed by atoms with E-state index in [-0.39, 0.29) is 12.7 Å². The van der Waals surface area contributed by atoms with Crippen LogP contribution in [0.5, 0.6) is 11.5 Å². The predicted octanol–water partition coefficient (Wildman–Crippen LogP) is 2.90. The van der Waals surface area contributed by atoms with Gasteiger partial charge < -0.3 is 9.47 Å². The number of nitrogens with zero attached hydrogens (tertiary/aromatic N) is 1. The summed E-state index contributed by atoms with van der Waals surface area (Å²) in [6.07, 6.45) is 3.63. The first-order valence-electron chi connectivity index (χ1n) is 6.63. The van der Waals surface area contributed by atoms with Gasteiger partial charge in [0.1, 0.15) is 0 Å². The van der Waals surface area contributed by atoms with Crippen LogP contribution in [0.3, 0.4) is 0 Å². The number of hydrazone groups is 1. The lowest BCUT2D eigenvalue weighted by molar-refractivity contribution is 0.0954. The Balaban J connectivity index is 1.62. The minimum absolute atomic E-state index is 0.185. The van der Waals surface area contributed by atoms with Crippen molar-refractivity contribution < 1.29 is 14.3 Å². The Morgan fingerprint density at radius 1 is 1.18 bits per heavy atom. The normalized spacial score (nSPS) is 12.6. The molecule has 0 saturated carbocycles. The van der Waals surface area contributed by atoms with Gasteiger partial charge in [-0.1, -0.05) is 12.1 Å². The summed E-state index contributed by atoms with van der Waals surface area (Å²) in [5, 5.41) is 3.96. The summed E-state index contributed by atoms with van der Waals surface area (Å²) < 4.78 is 10.4. The highest BCUT2D eigenvalue weighted by Crippen LogP contribution is 2.32. The molecule has 1 N–H and O–H groups in total. The van der Waals surface area contributed by atoms with Crippen LogP contribution in [-0.4, -0.2) is 25.2 Å². The van der Waals surface area contributed by atoms with E-state index in [9.17, 15) is 4.79 Å². The molecule has 1 aliphatic rings. The highest BCUT2D eigenvalue weighted by Gasteiger charge is 2.15. The predicted molar refractivity (Wildman–Crippen MR) is 85.8 cm³/mol. The highest BCUT2D eigenvalue weighted by atomic mass is 32.2. The van der Waals surface area contributed by atoms with Crippen LogP contribution >= 0.6 is 11.8 Å². The summed E-state index contributed by atoms with van der Waals surface area (Å²) in [6, 6.07) is 12.9. The molecule has 1 heterocycles. The zero-order valence-corrected chi connectivity index (χ0v) is 12.7. The van der Waals surface area contributed by atoms with Crippen molar-refractivity contribution in [1.82, 2.24) is 5.43 Å². The average molecular weight is 314 g/mol. The lowest BCUT2D eigenvalue weighted by atomic mass is 10.2. The first-order chi connectivity index (χ1) is 10.8. The fourth-order valence-electron chi connectivity index (χ4n) is 1.96. The van der Waals surface area contributed by atoms with Gasteiger partial charge in [-0.3, -0.25) is 4.79 Å². The summed E-state index contributed by atoms with van der Waals surface area (Å²) in [5.74, 6) is 0.925. The van der Waals surface area contributed by atoms with Crippen molar-refractivity contribution in [2.45, 2.75) is 4.90 Å². The topological polar surface area (TPSA) is 59.9 Å². The van der Waals surface area contributed by atoms with Gasteiger partial charge in [-0.25, -0.2) is 5.43 Å². The third-order valence-corrected chi connectivity index (χ3v) is 3.87. The molecule has 0 bridgehead atoms. The van der Waals surface area contributed by atoms with Gasteiger partial charge in [-0.05, 0) is 42.2 Å². The number of ether oxygens (including phenoxy) is 2. The third-order valence-electron chi connectivity index (χ3n) is 3.13. The number of thioether (sulfide) groups is 1. The van der Waals surface area contributed by atoms with Crippen LogP contribution < -0.4 is 14.9 Å². The molecule has 2 aromatic rings. The van der Waals surface area contributed by atoms with Crippen molar-refractivity contribution in [2.24, 2.45) is 5.10 Å². The second-order valence-corrected chi connectivity index (χ2v) is 5.42. The molecule has 0 unspecified atom stereocenters. The van der Waals surface area contributed by atoms with Crippen LogP contribution in [0.25, 0.3) is 0 Å². The van der Waals surface area contributed by atoms with Gasteiger partial charge in [-0.15, -0.1) is 11.8 Å². The highest BCUT2D eigenvalue weighted by molar-refractivity contribution is 7.98. The molecule has 0 aliphatic carbocycles. The van der Waals surface area contributed by atoms with Crippen LogP contribution in [0, 0.1) is 0 Å². The van der Waals surface area contributed by atoms with Crippen LogP contribution in [0.4, 0.5) is 0 Å². The van der Waals surface area contributed by atoms with E-state index < -0.39 is 0 Å². The largest absolute Gasteiger partial charge is 0.454 e. The minimum Gasteiger partial charge on any atom is -0.454 e. The summed E-state index contributed by atoms with van der Waals surface area (Å²) in [7, 11) is 0. The van der Waals surface area contributed by atoms with Gasteiger partial charge >= 0.3 is 0 Å². The van der Waals surface area contributed by atoms with E-state index in [1.54, 1.807) is 36.2 Å². The van der Waals surface area contributed by atoms with Crippen molar-refractivity contribution in [3.8, 4) is 11.5 Å². The van der Waals surface area contributed by atoms with Crippen molar-refractivity contribution in [3.63, 3.8) is 0 Å². The Morgan fingerprint density at radius 3 is 2.73 bits per heavy atom. The first-order valence-corrected chi connectivity index (χ1v) is 7.86. The van der Waals surface area contributed by atoms with Gasteiger partial charge in [0.25, 0.3) is 5.91 Å². The quantitative estimate of drug-likeness (QED) is 0.535. The minimum atomic E-state index is -0.296. The number of benzene rings is 2. The van der Waals surface area contributed by atoms with Crippen molar-refractivity contribution in [3.05, 3.63) is 53.6 Å². The molecule has 0 saturated heterocycles. The van der Waals surface area contributed by atoms with Gasteiger partial charge in [0.2, 0.25) is 6.79 Å². The van der Waals surface area contributed by atoms with Gasteiger partial charge in [0.05, 0.1) is 6.21 Å². The summed E-state index contributed by atoms with van der Waals surface area (Å²) in [6.45, 7) is 0.185. The molecule has 5 nitrogen and oxygen atoms in total. The molecule has 2 aromatic carbocycles. The van der Waals surface area contributed by atoms with Gasteiger partial charge in [0.15, 0.2) is 11.5 Å². The number of amides is 1. The van der Waals surface area contributed by atoms with Crippen LogP contribution in [0.2, 0.25) is 0 Å². The van der Waals surface area contributed by atoms with E-state index in [4.69, 9.17) is 9.47 Å². The zero-order valence-electron chi connectivity index (χ0n) is 11.9. The van der Waals surface area contributed by atoms with Gasteiger partial charge in [-0.2, -0.15) is 5.10 Å². The number of carbonyl (C=O) groups is 1. The molecule has 0 radical (unpaired) electrons. The van der Waals surface area contributed by atoms with E-state index in [1.165, 1.54) is 4.90 Å². The Bertz CT molecular complexity index is 714. The number of hydrogen-bond acceptors (Lipinski definition) is 5. The molecule has 6 heteroatoms. The van der Waals surface area contributed by atoms with E-state index >= 15 is 0 Å². The molecule has 0 fully saturated rings. The maximum absolute atomic E-state index is 12.0. The molecule has 1 aliphatic heterocycles. The first kappa shape index (κ1) is 14.5. The third kappa shape index (κ3) is 3.23. The zero-order chi connectivity index (χ0) is 15.4. The maximum atomic E-state index is 12.0.